The van der Waals surface area contributed by atoms with Gasteiger partial charge in [0.15, 0.2) is 5.96 Å². The molecule has 0 atom stereocenters. The van der Waals surface area contributed by atoms with Crippen LogP contribution in [0, 0.1) is 0 Å². The van der Waals surface area contributed by atoms with Crippen LogP contribution in [-0.2, 0) is 13.1 Å². The highest BCUT2D eigenvalue weighted by Gasteiger charge is 2.16. The van der Waals surface area contributed by atoms with Crippen LogP contribution in [-0.4, -0.2) is 28.7 Å². The molecule has 1 aromatic heterocycles. The van der Waals surface area contributed by atoms with Gasteiger partial charge in [0.25, 0.3) is 0 Å². The fraction of sp³-hybridized carbons (Fsp3) is 0.375. The molecule has 1 heterocycles. The number of benzene rings is 1. The second kappa shape index (κ2) is 12.3. The molecule has 0 saturated heterocycles. The van der Waals surface area contributed by atoms with Crippen LogP contribution in [0.15, 0.2) is 29.5 Å². The molecule has 1 aromatic carbocycles. The van der Waals surface area contributed by atoms with Crippen molar-refractivity contribution in [1.29, 1.82) is 0 Å². The largest absolute Gasteiger partial charge is 0.433 e. The predicted molar refractivity (Wildman–Crippen MR) is 114 cm³/mol. The Morgan fingerprint density at radius 2 is 1.97 bits per heavy atom. The van der Waals surface area contributed by atoms with Gasteiger partial charge in [-0.25, -0.2) is 9.98 Å². The Kier molecular flexibility index (Phi) is 10.8. The summed E-state index contributed by atoms with van der Waals surface area (Å²) in [6, 6.07) is 2.68. The molecule has 0 aliphatic carbocycles. The summed E-state index contributed by atoms with van der Waals surface area (Å²) in [7, 11) is 0. The van der Waals surface area contributed by atoms with E-state index in [1.54, 1.807) is 6.92 Å². The van der Waals surface area contributed by atoms with E-state index in [0.29, 0.717) is 11.1 Å². The topological polar surface area (TPSA) is 63.5 Å². The van der Waals surface area contributed by atoms with E-state index in [-0.39, 0.29) is 70.2 Å². The number of imidazole rings is 1. The van der Waals surface area contributed by atoms with Crippen molar-refractivity contribution in [2.75, 3.05) is 6.54 Å². The third kappa shape index (κ3) is 7.70. The minimum Gasteiger partial charge on any atom is -0.433 e. The summed E-state index contributed by atoms with van der Waals surface area (Å²) in [5, 5.41) is 5.91. The normalized spacial score (nSPS) is 11.6. The van der Waals surface area contributed by atoms with Crippen LogP contribution in [0.5, 0.6) is 5.75 Å². The van der Waals surface area contributed by atoms with E-state index in [9.17, 15) is 17.6 Å². The molecule has 29 heavy (non-hydrogen) atoms. The molecule has 0 saturated carbocycles. The van der Waals surface area contributed by atoms with Crippen LogP contribution >= 0.6 is 47.2 Å². The molecule has 2 aromatic rings. The minimum absolute atomic E-state index is 0. The van der Waals surface area contributed by atoms with Gasteiger partial charge in [0.2, 0.25) is 0 Å². The van der Waals surface area contributed by atoms with E-state index >= 15 is 0 Å². The van der Waals surface area contributed by atoms with Crippen molar-refractivity contribution in [2.24, 2.45) is 4.99 Å². The number of hydrogen-bond donors (Lipinski definition) is 2. The third-order valence-corrected chi connectivity index (χ3v) is 3.92. The van der Waals surface area contributed by atoms with E-state index in [2.05, 4.69) is 25.3 Å². The fourth-order valence-corrected chi connectivity index (χ4v) is 2.86. The van der Waals surface area contributed by atoms with Crippen LogP contribution in [0.4, 0.5) is 17.6 Å². The summed E-state index contributed by atoms with van der Waals surface area (Å²) >= 11 is 11.8. The first kappa shape index (κ1) is 25.6. The first-order chi connectivity index (χ1) is 13.3. The average molecular weight is 570 g/mol. The van der Waals surface area contributed by atoms with Crippen molar-refractivity contribution in [3.05, 3.63) is 46.0 Å². The molecule has 2 N–H and O–H groups in total. The van der Waals surface area contributed by atoms with Gasteiger partial charge in [0.05, 0.1) is 18.1 Å². The van der Waals surface area contributed by atoms with Gasteiger partial charge in [0.1, 0.15) is 11.6 Å². The average Bonchev–Trinajstić information content (AvgIpc) is 3.08. The van der Waals surface area contributed by atoms with Crippen LogP contribution < -0.4 is 15.4 Å². The van der Waals surface area contributed by atoms with Crippen molar-refractivity contribution < 1.29 is 22.3 Å². The molecule has 2 rings (SSSR count). The number of guanidine groups is 1. The van der Waals surface area contributed by atoms with E-state index in [4.69, 9.17) is 23.2 Å². The van der Waals surface area contributed by atoms with Gasteiger partial charge in [-0.1, -0.05) is 23.2 Å². The third-order valence-electron chi connectivity index (χ3n) is 3.42. The zero-order valence-electron chi connectivity index (χ0n) is 15.0. The van der Waals surface area contributed by atoms with Gasteiger partial charge in [-0.05, 0) is 19.1 Å². The first-order valence-corrected chi connectivity index (χ1v) is 8.82. The number of halogens is 7. The van der Waals surface area contributed by atoms with E-state index in [1.165, 1.54) is 18.3 Å². The number of aromatic nitrogens is 2. The number of aliphatic imine (C=N–C) groups is 1. The highest BCUT2D eigenvalue weighted by Crippen LogP contribution is 2.34. The van der Waals surface area contributed by atoms with Crippen LogP contribution in [0.2, 0.25) is 10.0 Å². The number of alkyl halides is 4. The fourth-order valence-electron chi connectivity index (χ4n) is 2.28. The van der Waals surface area contributed by atoms with Gasteiger partial charge in [0, 0.05) is 29.5 Å². The molecule has 0 bridgehead atoms. The molecule has 13 heteroatoms. The van der Waals surface area contributed by atoms with Gasteiger partial charge in [-0.2, -0.15) is 17.6 Å². The maximum absolute atomic E-state index is 12.9. The summed E-state index contributed by atoms with van der Waals surface area (Å²) in [6.45, 7) is -3.63. The van der Waals surface area contributed by atoms with Crippen molar-refractivity contribution in [2.45, 2.75) is 33.2 Å². The lowest BCUT2D eigenvalue weighted by molar-refractivity contribution is -0.0503. The first-order valence-electron chi connectivity index (χ1n) is 8.06. The summed E-state index contributed by atoms with van der Waals surface area (Å²) in [5.41, 5.74) is 0.240. The van der Waals surface area contributed by atoms with Crippen molar-refractivity contribution >= 4 is 53.1 Å². The molecular weight excluding hydrogens is 552 g/mol. The second-order valence-electron chi connectivity index (χ2n) is 5.33. The highest BCUT2D eigenvalue weighted by atomic mass is 127. The molecule has 0 aliphatic rings. The van der Waals surface area contributed by atoms with Gasteiger partial charge in [-0.15, -0.1) is 24.0 Å². The lowest BCUT2D eigenvalue weighted by atomic mass is 10.2. The maximum Gasteiger partial charge on any atom is 0.387 e. The Morgan fingerprint density at radius 3 is 2.59 bits per heavy atom. The Bertz CT molecular complexity index is 823. The van der Waals surface area contributed by atoms with E-state index < -0.39 is 13.2 Å². The predicted octanol–water partition coefficient (Wildman–Crippen LogP) is 5.06. The summed E-state index contributed by atoms with van der Waals surface area (Å²) < 4.78 is 56.2. The molecular formula is C16H18Cl2F4IN5O. The number of rotatable bonds is 8. The molecule has 0 spiro atoms. The molecule has 0 fully saturated rings. The monoisotopic (exact) mass is 569 g/mol. The molecule has 0 amide bonds. The Morgan fingerprint density at radius 1 is 1.24 bits per heavy atom. The number of nitrogens with one attached hydrogen (secondary N) is 2. The Hall–Kier alpha value is -1.47. The van der Waals surface area contributed by atoms with E-state index in [0.717, 1.165) is 6.20 Å². The van der Waals surface area contributed by atoms with Crippen molar-refractivity contribution in [3.8, 4) is 5.75 Å². The molecule has 0 unspecified atom stereocenters. The van der Waals surface area contributed by atoms with Crippen LogP contribution in [0.3, 0.4) is 0 Å². The molecule has 0 radical (unpaired) electrons. The Balaban J connectivity index is 0.00000420. The second-order valence-corrected chi connectivity index (χ2v) is 6.18. The highest BCUT2D eigenvalue weighted by molar-refractivity contribution is 14.0. The van der Waals surface area contributed by atoms with Crippen molar-refractivity contribution in [3.63, 3.8) is 0 Å². The van der Waals surface area contributed by atoms with Gasteiger partial charge < -0.3 is 15.4 Å². The summed E-state index contributed by atoms with van der Waals surface area (Å²) in [6.07, 6.45) is 2.42. The summed E-state index contributed by atoms with van der Waals surface area (Å²) in [4.78, 5) is 8.09. The Labute approximate surface area is 191 Å². The number of nitrogens with zero attached hydrogens (tertiary/aromatic N) is 3. The smallest absolute Gasteiger partial charge is 0.387 e. The lowest BCUT2D eigenvalue weighted by Gasteiger charge is -2.14. The lowest BCUT2D eigenvalue weighted by Crippen LogP contribution is -2.37. The standard InChI is InChI=1S/C16H17Cl2F4N5O.HI/c1-2-23-16(26-8-12-24-3-4-27(12)14(19)20)25-7-9-5-10(17)6-11(18)13(9)28-15(21)22;/h3-6,14-15H,2,7-8H2,1H3,(H2,23,25,26);1H. The van der Waals surface area contributed by atoms with Crippen molar-refractivity contribution in [1.82, 2.24) is 20.2 Å². The minimum atomic E-state index is -3.07. The van der Waals surface area contributed by atoms with E-state index in [1.807, 2.05) is 0 Å². The molecule has 0 aliphatic heterocycles. The maximum atomic E-state index is 12.9. The van der Waals surface area contributed by atoms with Crippen LogP contribution in [0.25, 0.3) is 0 Å². The van der Waals surface area contributed by atoms with Gasteiger partial charge >= 0.3 is 13.2 Å². The summed E-state index contributed by atoms with van der Waals surface area (Å²) in [5.74, 6) is 0.132. The SMILES string of the molecule is CCNC(=NCc1cc(Cl)cc(Cl)c1OC(F)F)NCc1nccn1C(F)F.I. The zero-order chi connectivity index (χ0) is 20.7. The number of hydrogen-bond acceptors (Lipinski definition) is 3. The zero-order valence-corrected chi connectivity index (χ0v) is 18.9. The quantitative estimate of drug-likeness (QED) is 0.202. The molecule has 6 nitrogen and oxygen atoms in total. The molecule has 162 valence electrons. The van der Waals surface area contributed by atoms with Crippen LogP contribution in [0.1, 0.15) is 24.9 Å². The number of ether oxygens (including phenoxy) is 1. The van der Waals surface area contributed by atoms with Gasteiger partial charge in [-0.3, -0.25) is 4.57 Å².